The fraction of sp³-hybridized carbons (Fsp3) is 0.571. The zero-order chi connectivity index (χ0) is 13.7. The largest absolute Gasteiger partial charge is 0.393 e. The van der Waals surface area contributed by atoms with Crippen molar-refractivity contribution in [2.75, 3.05) is 6.54 Å². The second-order valence-electron chi connectivity index (χ2n) is 4.65. The Morgan fingerprint density at radius 2 is 1.94 bits per heavy atom. The number of aryl methyl sites for hydroxylation is 1. The van der Waals surface area contributed by atoms with Crippen molar-refractivity contribution in [3.8, 4) is 0 Å². The Hall–Kier alpha value is -1.00. The van der Waals surface area contributed by atoms with Crippen molar-refractivity contribution in [2.24, 2.45) is 0 Å². The molecule has 18 heavy (non-hydrogen) atoms. The zero-order valence-corrected chi connectivity index (χ0v) is 11.1. The number of aliphatic hydroxyl groups excluding tert-OH is 1. The van der Waals surface area contributed by atoms with Gasteiger partial charge in [-0.15, -0.1) is 0 Å². The molecule has 0 aliphatic rings. The van der Waals surface area contributed by atoms with Crippen molar-refractivity contribution in [2.45, 2.75) is 45.8 Å². The molecule has 0 bridgehead atoms. The van der Waals surface area contributed by atoms with E-state index in [2.05, 4.69) is 5.32 Å². The Kier molecular flexibility index (Phi) is 5.69. The molecule has 102 valence electrons. The molecule has 2 nitrogen and oxygen atoms in total. The van der Waals surface area contributed by atoms with Gasteiger partial charge >= 0.3 is 0 Å². The molecule has 0 amide bonds. The molecule has 2 N–H and O–H groups in total. The van der Waals surface area contributed by atoms with Crippen LogP contribution in [0.4, 0.5) is 8.78 Å². The maximum Gasteiger partial charge on any atom is 0.128 e. The minimum absolute atomic E-state index is 0.274. The van der Waals surface area contributed by atoms with Gasteiger partial charge in [0.2, 0.25) is 0 Å². The highest BCUT2D eigenvalue weighted by molar-refractivity contribution is 5.27. The summed E-state index contributed by atoms with van der Waals surface area (Å²) in [6.45, 7) is 5.80. The van der Waals surface area contributed by atoms with Crippen LogP contribution in [0.1, 0.15) is 43.9 Å². The minimum Gasteiger partial charge on any atom is -0.393 e. The number of nitrogens with one attached hydrogen (secondary N) is 1. The van der Waals surface area contributed by atoms with E-state index in [1.54, 1.807) is 6.92 Å². The topological polar surface area (TPSA) is 32.3 Å². The Bertz CT molecular complexity index is 396. The number of aliphatic hydroxyl groups is 1. The summed E-state index contributed by atoms with van der Waals surface area (Å²) < 4.78 is 27.1. The van der Waals surface area contributed by atoms with Crippen LogP contribution in [0.3, 0.4) is 0 Å². The molecule has 1 aromatic rings. The third-order valence-corrected chi connectivity index (χ3v) is 3.14. The fourth-order valence-electron chi connectivity index (χ4n) is 1.77. The van der Waals surface area contributed by atoms with E-state index >= 15 is 0 Å². The highest BCUT2D eigenvalue weighted by atomic mass is 19.1. The van der Waals surface area contributed by atoms with Crippen molar-refractivity contribution < 1.29 is 13.9 Å². The fourth-order valence-corrected chi connectivity index (χ4v) is 1.77. The van der Waals surface area contributed by atoms with Gasteiger partial charge in [-0.05, 0) is 50.9 Å². The summed E-state index contributed by atoms with van der Waals surface area (Å²) >= 11 is 0. The van der Waals surface area contributed by atoms with Gasteiger partial charge in [-0.1, -0.05) is 6.92 Å². The molecule has 0 saturated heterocycles. The first-order valence-electron chi connectivity index (χ1n) is 6.32. The molecule has 2 atom stereocenters. The van der Waals surface area contributed by atoms with Crippen molar-refractivity contribution in [3.63, 3.8) is 0 Å². The van der Waals surface area contributed by atoms with Gasteiger partial charge in [-0.3, -0.25) is 0 Å². The summed E-state index contributed by atoms with van der Waals surface area (Å²) in [6, 6.07) is 2.17. The number of benzene rings is 1. The molecule has 0 radical (unpaired) electrons. The number of halogens is 2. The molecular formula is C14H21F2NO. The molecule has 0 saturated carbocycles. The molecule has 0 spiro atoms. The predicted octanol–water partition coefficient (Wildman–Crippen LogP) is 3.08. The Balaban J connectivity index is 2.61. The molecule has 0 aromatic heterocycles. The average molecular weight is 257 g/mol. The highest BCUT2D eigenvalue weighted by Gasteiger charge is 2.13. The maximum atomic E-state index is 13.7. The Labute approximate surface area is 107 Å². The summed E-state index contributed by atoms with van der Waals surface area (Å²) in [4.78, 5) is 0. The van der Waals surface area contributed by atoms with Gasteiger partial charge in [-0.2, -0.15) is 0 Å². The van der Waals surface area contributed by atoms with Gasteiger partial charge < -0.3 is 10.4 Å². The average Bonchev–Trinajstić information content (AvgIpc) is 2.33. The lowest BCUT2D eigenvalue weighted by molar-refractivity contribution is 0.158. The van der Waals surface area contributed by atoms with Crippen molar-refractivity contribution in [1.29, 1.82) is 0 Å². The van der Waals surface area contributed by atoms with Crippen LogP contribution >= 0.6 is 0 Å². The van der Waals surface area contributed by atoms with E-state index in [0.717, 1.165) is 0 Å². The minimum atomic E-state index is -0.398. The first kappa shape index (κ1) is 15.1. The van der Waals surface area contributed by atoms with Gasteiger partial charge in [0, 0.05) is 11.6 Å². The zero-order valence-electron chi connectivity index (χ0n) is 11.1. The molecule has 0 aliphatic heterocycles. The maximum absolute atomic E-state index is 13.7. The Morgan fingerprint density at radius 3 is 2.56 bits per heavy atom. The van der Waals surface area contributed by atoms with Gasteiger partial charge in [0.15, 0.2) is 0 Å². The van der Waals surface area contributed by atoms with Gasteiger partial charge in [0.25, 0.3) is 0 Å². The van der Waals surface area contributed by atoms with E-state index < -0.39 is 11.6 Å². The molecule has 1 aromatic carbocycles. The lowest BCUT2D eigenvalue weighted by Gasteiger charge is -2.17. The van der Waals surface area contributed by atoms with E-state index in [9.17, 15) is 13.9 Å². The number of hydrogen-bond acceptors (Lipinski definition) is 2. The number of hydrogen-bond donors (Lipinski definition) is 2. The first-order chi connectivity index (χ1) is 8.45. The summed E-state index contributed by atoms with van der Waals surface area (Å²) in [5, 5.41) is 12.5. The van der Waals surface area contributed by atoms with Gasteiger partial charge in [-0.25, -0.2) is 8.78 Å². The smallest absolute Gasteiger partial charge is 0.128 e. The summed E-state index contributed by atoms with van der Waals surface area (Å²) in [5.74, 6) is -0.793. The molecule has 0 heterocycles. The third-order valence-electron chi connectivity index (χ3n) is 3.14. The van der Waals surface area contributed by atoms with E-state index in [1.165, 1.54) is 19.1 Å². The van der Waals surface area contributed by atoms with Crippen molar-refractivity contribution in [1.82, 2.24) is 5.32 Å². The van der Waals surface area contributed by atoms with E-state index in [4.69, 9.17) is 0 Å². The quantitative estimate of drug-likeness (QED) is 0.820. The summed E-state index contributed by atoms with van der Waals surface area (Å²) in [7, 11) is 0. The van der Waals surface area contributed by atoms with E-state index in [1.807, 2.05) is 6.92 Å². The predicted molar refractivity (Wildman–Crippen MR) is 68.4 cm³/mol. The van der Waals surface area contributed by atoms with Crippen LogP contribution < -0.4 is 5.32 Å². The van der Waals surface area contributed by atoms with Crippen LogP contribution in [0.25, 0.3) is 0 Å². The van der Waals surface area contributed by atoms with Crippen LogP contribution in [-0.2, 0) is 0 Å². The highest BCUT2D eigenvalue weighted by Crippen LogP contribution is 2.20. The van der Waals surface area contributed by atoms with Crippen molar-refractivity contribution in [3.05, 3.63) is 34.9 Å². The van der Waals surface area contributed by atoms with Crippen LogP contribution in [0, 0.1) is 18.6 Å². The van der Waals surface area contributed by atoms with E-state index in [-0.39, 0.29) is 12.1 Å². The SMILES string of the molecule is CCC(O)CCNC(C)c1cc(F)c(C)cc1F. The second-order valence-corrected chi connectivity index (χ2v) is 4.65. The Morgan fingerprint density at radius 1 is 1.28 bits per heavy atom. The van der Waals surface area contributed by atoms with Crippen LogP contribution in [0.15, 0.2) is 12.1 Å². The molecule has 0 fully saturated rings. The molecule has 1 rings (SSSR count). The lowest BCUT2D eigenvalue weighted by Crippen LogP contribution is -2.24. The summed E-state index contributed by atoms with van der Waals surface area (Å²) in [6.07, 6.45) is 0.963. The molecule has 4 heteroatoms. The second kappa shape index (κ2) is 6.81. The standard InChI is InChI=1S/C14H21F2NO/c1-4-11(18)5-6-17-10(3)12-8-13(15)9(2)7-14(12)16/h7-8,10-11,17-18H,4-6H2,1-3H3. The number of rotatable bonds is 6. The molecular weight excluding hydrogens is 236 g/mol. The monoisotopic (exact) mass is 257 g/mol. The molecule has 2 unspecified atom stereocenters. The van der Waals surface area contributed by atoms with E-state index in [0.29, 0.717) is 30.5 Å². The summed E-state index contributed by atoms with van der Waals surface area (Å²) in [5.41, 5.74) is 0.633. The van der Waals surface area contributed by atoms with Crippen LogP contribution in [-0.4, -0.2) is 17.8 Å². The van der Waals surface area contributed by atoms with Gasteiger partial charge in [0.1, 0.15) is 11.6 Å². The third kappa shape index (κ3) is 4.03. The lowest BCUT2D eigenvalue weighted by atomic mass is 10.0. The van der Waals surface area contributed by atoms with Crippen LogP contribution in [0.5, 0.6) is 0 Å². The normalized spacial score (nSPS) is 14.6. The van der Waals surface area contributed by atoms with Crippen LogP contribution in [0.2, 0.25) is 0 Å². The van der Waals surface area contributed by atoms with Crippen molar-refractivity contribution >= 4 is 0 Å². The van der Waals surface area contributed by atoms with Gasteiger partial charge in [0.05, 0.1) is 6.10 Å². The molecule has 0 aliphatic carbocycles. The first-order valence-corrected chi connectivity index (χ1v) is 6.32.